The van der Waals surface area contributed by atoms with Crippen molar-refractivity contribution < 1.29 is 18.3 Å². The number of ether oxygens (including phenoxy) is 1. The van der Waals surface area contributed by atoms with Crippen LogP contribution in [0.15, 0.2) is 48.5 Å². The molecular weight excluding hydrogens is 433 g/mol. The molecule has 1 aliphatic carbocycles. The van der Waals surface area contributed by atoms with Crippen LogP contribution < -0.4 is 11.1 Å². The number of carbonyl (C=O) groups is 1. The van der Waals surface area contributed by atoms with Gasteiger partial charge in [-0.25, -0.2) is 8.78 Å². The second kappa shape index (κ2) is 12.2. The topological polar surface area (TPSA) is 64.3 Å². The normalized spacial score (nSPS) is 15.6. The number of carbonyl (C=O) groups excluding carboxylic acids is 1. The van der Waals surface area contributed by atoms with E-state index in [0.717, 1.165) is 24.5 Å². The van der Waals surface area contributed by atoms with E-state index in [2.05, 4.69) is 5.32 Å². The quantitative estimate of drug-likeness (QED) is 0.552. The van der Waals surface area contributed by atoms with Gasteiger partial charge < -0.3 is 15.8 Å². The van der Waals surface area contributed by atoms with E-state index in [1.807, 2.05) is 30.3 Å². The van der Waals surface area contributed by atoms with Crippen LogP contribution in [-0.4, -0.2) is 18.1 Å². The van der Waals surface area contributed by atoms with Gasteiger partial charge in [0.1, 0.15) is 23.8 Å². The summed E-state index contributed by atoms with van der Waals surface area (Å²) in [6, 6.07) is 12.4. The van der Waals surface area contributed by atoms with Crippen molar-refractivity contribution in [3.8, 4) is 0 Å². The molecule has 166 valence electrons. The van der Waals surface area contributed by atoms with Gasteiger partial charge in [-0.1, -0.05) is 43.2 Å². The molecule has 4 nitrogen and oxygen atoms in total. The van der Waals surface area contributed by atoms with Crippen molar-refractivity contribution in [3.63, 3.8) is 0 Å². The zero-order valence-corrected chi connectivity index (χ0v) is 18.2. The third kappa shape index (κ3) is 6.91. The fourth-order valence-electron chi connectivity index (χ4n) is 3.72. The van der Waals surface area contributed by atoms with Crippen molar-refractivity contribution in [2.24, 2.45) is 5.73 Å². The van der Waals surface area contributed by atoms with Gasteiger partial charge in [-0.15, -0.1) is 24.8 Å². The molecule has 30 heavy (non-hydrogen) atoms. The van der Waals surface area contributed by atoms with Crippen LogP contribution in [0.1, 0.15) is 49.3 Å². The van der Waals surface area contributed by atoms with E-state index in [1.54, 1.807) is 0 Å². The first-order valence-corrected chi connectivity index (χ1v) is 9.66. The van der Waals surface area contributed by atoms with Gasteiger partial charge in [0, 0.05) is 12.1 Å². The molecule has 0 radical (unpaired) electrons. The third-order valence-electron chi connectivity index (χ3n) is 5.29. The lowest BCUT2D eigenvalue weighted by molar-refractivity contribution is -0.153. The number of nitrogens with two attached hydrogens (primary N) is 1. The minimum absolute atomic E-state index is 0. The van der Waals surface area contributed by atoms with Gasteiger partial charge >= 0.3 is 5.97 Å². The molecule has 0 spiro atoms. The second-order valence-corrected chi connectivity index (χ2v) is 7.38. The summed E-state index contributed by atoms with van der Waals surface area (Å²) in [7, 11) is 0. The third-order valence-corrected chi connectivity index (χ3v) is 5.29. The Kier molecular flexibility index (Phi) is 10.7. The van der Waals surface area contributed by atoms with E-state index in [-0.39, 0.29) is 37.4 Å². The number of esters is 1. The van der Waals surface area contributed by atoms with E-state index in [9.17, 15) is 13.6 Å². The molecule has 3 N–H and O–H groups in total. The van der Waals surface area contributed by atoms with Crippen molar-refractivity contribution in [2.75, 3.05) is 6.54 Å². The molecular formula is C22H28Cl2F2N2O2. The fraction of sp³-hybridized carbons (Fsp3) is 0.409. The highest BCUT2D eigenvalue weighted by Crippen LogP contribution is 2.31. The molecule has 0 unspecified atom stereocenters. The van der Waals surface area contributed by atoms with Crippen LogP contribution in [0, 0.1) is 11.6 Å². The van der Waals surface area contributed by atoms with E-state index in [0.29, 0.717) is 31.4 Å². The second-order valence-electron chi connectivity index (χ2n) is 7.38. The zero-order chi connectivity index (χ0) is 20.0. The van der Waals surface area contributed by atoms with E-state index in [4.69, 9.17) is 10.5 Å². The Morgan fingerprint density at radius 1 is 1.07 bits per heavy atom. The van der Waals surface area contributed by atoms with Crippen LogP contribution in [0.2, 0.25) is 0 Å². The molecule has 1 fully saturated rings. The molecule has 1 saturated carbocycles. The molecule has 0 saturated heterocycles. The van der Waals surface area contributed by atoms with Crippen molar-refractivity contribution in [2.45, 2.75) is 50.3 Å². The summed E-state index contributed by atoms with van der Waals surface area (Å²) in [5.41, 5.74) is 6.73. The number of hydrogen-bond acceptors (Lipinski definition) is 4. The van der Waals surface area contributed by atoms with Crippen LogP contribution in [-0.2, 0) is 16.1 Å². The average molecular weight is 461 g/mol. The SMILES string of the molecule is Cl.Cl.N[C@@H](CCNC1(C(=O)OCc2ccccc2)CCCC1)c1cc(F)cc(F)c1. The van der Waals surface area contributed by atoms with Crippen LogP contribution in [0.4, 0.5) is 8.78 Å². The number of benzene rings is 2. The first-order chi connectivity index (χ1) is 13.5. The summed E-state index contributed by atoms with van der Waals surface area (Å²) in [5, 5.41) is 3.32. The smallest absolute Gasteiger partial charge is 0.326 e. The first-order valence-electron chi connectivity index (χ1n) is 9.66. The minimum atomic E-state index is -0.707. The van der Waals surface area contributed by atoms with E-state index in [1.165, 1.54) is 12.1 Å². The molecule has 2 aromatic carbocycles. The molecule has 0 aliphatic heterocycles. The average Bonchev–Trinajstić information content (AvgIpc) is 3.16. The Labute approximate surface area is 188 Å². The maximum absolute atomic E-state index is 13.4. The number of rotatable bonds is 8. The van der Waals surface area contributed by atoms with Gasteiger partial charge in [-0.05, 0) is 49.1 Å². The van der Waals surface area contributed by atoms with Gasteiger partial charge in [0.25, 0.3) is 0 Å². The van der Waals surface area contributed by atoms with Gasteiger partial charge in [0.15, 0.2) is 0 Å². The standard InChI is InChI=1S/C22H26F2N2O2.2ClH/c23-18-12-17(13-19(24)14-18)20(25)8-11-26-22(9-4-5-10-22)21(27)28-15-16-6-2-1-3-7-16;;/h1-3,6-7,12-14,20,26H,4-5,8-11,15,25H2;2*1H/t20-;;/m0../s1. The Morgan fingerprint density at radius 3 is 2.27 bits per heavy atom. The number of nitrogens with one attached hydrogen (secondary N) is 1. The van der Waals surface area contributed by atoms with Crippen LogP contribution in [0.3, 0.4) is 0 Å². The highest BCUT2D eigenvalue weighted by molar-refractivity contribution is 5.85. The molecule has 8 heteroatoms. The fourth-order valence-corrected chi connectivity index (χ4v) is 3.72. The lowest BCUT2D eigenvalue weighted by Gasteiger charge is -2.29. The van der Waals surface area contributed by atoms with Crippen LogP contribution in [0.25, 0.3) is 0 Å². The summed E-state index contributed by atoms with van der Waals surface area (Å²) in [4.78, 5) is 12.8. The number of halogens is 4. The Hall–Kier alpha value is -1.73. The molecule has 3 rings (SSSR count). The van der Waals surface area contributed by atoms with Gasteiger partial charge in [-0.3, -0.25) is 4.79 Å². The van der Waals surface area contributed by atoms with E-state index < -0.39 is 23.2 Å². The minimum Gasteiger partial charge on any atom is -0.459 e. The summed E-state index contributed by atoms with van der Waals surface area (Å²) < 4.78 is 32.3. The van der Waals surface area contributed by atoms with Crippen LogP contribution >= 0.6 is 24.8 Å². The Morgan fingerprint density at radius 2 is 1.67 bits per heavy atom. The highest BCUT2D eigenvalue weighted by Gasteiger charge is 2.42. The molecule has 1 aliphatic rings. The summed E-state index contributed by atoms with van der Waals surface area (Å²) in [5.74, 6) is -1.54. The van der Waals surface area contributed by atoms with Gasteiger partial charge in [0.2, 0.25) is 0 Å². The lowest BCUT2D eigenvalue weighted by Crippen LogP contribution is -2.51. The maximum Gasteiger partial charge on any atom is 0.326 e. The van der Waals surface area contributed by atoms with Crippen molar-refractivity contribution in [3.05, 3.63) is 71.3 Å². The molecule has 1 atom stereocenters. The monoisotopic (exact) mass is 460 g/mol. The molecule has 0 bridgehead atoms. The lowest BCUT2D eigenvalue weighted by atomic mass is 9.96. The maximum atomic E-state index is 13.4. The first kappa shape index (κ1) is 26.3. The molecule has 0 aromatic heterocycles. The molecule has 2 aromatic rings. The summed E-state index contributed by atoms with van der Waals surface area (Å²) in [6.45, 7) is 0.699. The largest absolute Gasteiger partial charge is 0.459 e. The van der Waals surface area contributed by atoms with Crippen molar-refractivity contribution in [1.82, 2.24) is 5.32 Å². The van der Waals surface area contributed by atoms with Crippen molar-refractivity contribution in [1.29, 1.82) is 0 Å². The van der Waals surface area contributed by atoms with Crippen LogP contribution in [0.5, 0.6) is 0 Å². The van der Waals surface area contributed by atoms with Crippen molar-refractivity contribution >= 4 is 30.8 Å². The van der Waals surface area contributed by atoms with Gasteiger partial charge in [-0.2, -0.15) is 0 Å². The van der Waals surface area contributed by atoms with Gasteiger partial charge in [0.05, 0.1) is 0 Å². The zero-order valence-electron chi connectivity index (χ0n) is 16.6. The molecule has 0 amide bonds. The Balaban J connectivity index is 0.00000225. The highest BCUT2D eigenvalue weighted by atomic mass is 35.5. The number of hydrogen-bond donors (Lipinski definition) is 2. The summed E-state index contributed by atoms with van der Waals surface area (Å²) >= 11 is 0. The van der Waals surface area contributed by atoms with E-state index >= 15 is 0 Å². The predicted octanol–water partition coefficient (Wildman–Crippen LogP) is 4.84. The summed E-state index contributed by atoms with van der Waals surface area (Å²) in [6.07, 6.45) is 3.79. The molecule has 0 heterocycles. The Bertz CT molecular complexity index is 783. The predicted molar refractivity (Wildman–Crippen MR) is 118 cm³/mol.